The molecule has 0 radical (unpaired) electrons. The highest BCUT2D eigenvalue weighted by molar-refractivity contribution is 5.93. The van der Waals surface area contributed by atoms with E-state index in [2.05, 4.69) is 202 Å². The molecular formula is C55H47N. The Bertz CT molecular complexity index is 2570. The van der Waals surface area contributed by atoms with E-state index in [0.29, 0.717) is 0 Å². The van der Waals surface area contributed by atoms with E-state index >= 15 is 0 Å². The minimum atomic E-state index is 0.772. The zero-order valence-corrected chi connectivity index (χ0v) is 32.1. The predicted octanol–water partition coefficient (Wildman–Crippen LogP) is 14.1. The molecule has 6 aromatic rings. The van der Waals surface area contributed by atoms with Crippen LogP contribution in [-0.4, -0.2) is 0 Å². The van der Waals surface area contributed by atoms with Crippen molar-refractivity contribution in [2.75, 3.05) is 0 Å². The second-order valence-corrected chi connectivity index (χ2v) is 14.6. The van der Waals surface area contributed by atoms with Gasteiger partial charge in [0.1, 0.15) is 0 Å². The molecule has 272 valence electrons. The minimum Gasteiger partial charge on any atom is -0.398 e. The standard InChI is InChI=1S/C55H47N/c1-3-15-40(16-4-2)49-34-50(42-21-12-7-13-22-42)36-51(35-49)44-29-27-43(28-30-44)45-31-32-47-33-48-23-14-24-52(55(48)53(47)37-45)54(56)38-46(41-19-10-6-11-20-41)26-25-39-17-8-5-9-18-39/h3-6,8-12,14-24,26-32,34-38H,1,7,13,25,33,56H2,2H3/b16-4-,40-15+,46-26+,54-38-. The van der Waals surface area contributed by atoms with Crippen molar-refractivity contribution >= 4 is 22.4 Å². The van der Waals surface area contributed by atoms with Gasteiger partial charge in [-0.05, 0) is 146 Å². The summed E-state index contributed by atoms with van der Waals surface area (Å²) in [6.07, 6.45) is 23.4. The van der Waals surface area contributed by atoms with Gasteiger partial charge in [-0.3, -0.25) is 0 Å². The summed E-state index contributed by atoms with van der Waals surface area (Å²) in [7, 11) is 0. The van der Waals surface area contributed by atoms with Gasteiger partial charge in [0.2, 0.25) is 0 Å². The molecule has 0 aromatic heterocycles. The summed E-state index contributed by atoms with van der Waals surface area (Å²) >= 11 is 0. The molecule has 0 bridgehead atoms. The first-order chi connectivity index (χ1) is 27.6. The van der Waals surface area contributed by atoms with Gasteiger partial charge >= 0.3 is 0 Å². The summed E-state index contributed by atoms with van der Waals surface area (Å²) in [5.41, 5.74) is 27.3. The van der Waals surface area contributed by atoms with Gasteiger partial charge in [0.25, 0.3) is 0 Å². The molecule has 1 nitrogen and oxygen atoms in total. The van der Waals surface area contributed by atoms with Gasteiger partial charge < -0.3 is 5.73 Å². The van der Waals surface area contributed by atoms with Crippen molar-refractivity contribution in [3.63, 3.8) is 0 Å². The molecule has 0 atom stereocenters. The Morgan fingerprint density at radius 1 is 0.661 bits per heavy atom. The summed E-state index contributed by atoms with van der Waals surface area (Å²) in [5, 5.41) is 0. The molecule has 2 N–H and O–H groups in total. The van der Waals surface area contributed by atoms with E-state index in [0.717, 1.165) is 53.7 Å². The van der Waals surface area contributed by atoms with Crippen molar-refractivity contribution < 1.29 is 0 Å². The fraction of sp³-hybridized carbons (Fsp3) is 0.0909. The topological polar surface area (TPSA) is 26.0 Å². The van der Waals surface area contributed by atoms with Crippen LogP contribution in [0, 0.1) is 0 Å². The number of hydrogen-bond donors (Lipinski definition) is 1. The Labute approximate surface area is 332 Å². The Hall–Kier alpha value is -6.70. The average Bonchev–Trinajstić information content (AvgIpc) is 3.64. The lowest BCUT2D eigenvalue weighted by molar-refractivity contribution is 1.04. The summed E-state index contributed by atoms with van der Waals surface area (Å²) in [6.45, 7) is 6.04. The maximum atomic E-state index is 7.08. The summed E-state index contributed by atoms with van der Waals surface area (Å²) in [6, 6.07) is 50.6. The van der Waals surface area contributed by atoms with E-state index in [-0.39, 0.29) is 0 Å². The van der Waals surface area contributed by atoms with Crippen LogP contribution in [0.15, 0.2) is 201 Å². The lowest BCUT2D eigenvalue weighted by atomic mass is 9.90. The molecular weight excluding hydrogens is 675 g/mol. The van der Waals surface area contributed by atoms with Crippen LogP contribution in [0.2, 0.25) is 0 Å². The van der Waals surface area contributed by atoms with Crippen molar-refractivity contribution in [1.82, 2.24) is 0 Å². The van der Waals surface area contributed by atoms with E-state index in [9.17, 15) is 0 Å². The largest absolute Gasteiger partial charge is 0.398 e. The first-order valence-electron chi connectivity index (χ1n) is 19.7. The van der Waals surface area contributed by atoms with Crippen LogP contribution in [0.5, 0.6) is 0 Å². The molecule has 1 heteroatoms. The Balaban J connectivity index is 1.13. The normalized spacial score (nSPS) is 14.1. The lowest BCUT2D eigenvalue weighted by Crippen LogP contribution is -2.00. The monoisotopic (exact) mass is 721 g/mol. The molecule has 8 rings (SSSR count). The zero-order chi connectivity index (χ0) is 38.3. The number of rotatable bonds is 11. The molecule has 0 fully saturated rings. The molecule has 0 heterocycles. The van der Waals surface area contributed by atoms with Crippen molar-refractivity contribution in [2.45, 2.75) is 32.6 Å². The smallest absolute Gasteiger partial charge is 0.0400 e. The third-order valence-corrected chi connectivity index (χ3v) is 10.8. The number of fused-ring (bicyclic) bond motifs is 3. The summed E-state index contributed by atoms with van der Waals surface area (Å²) in [5.74, 6) is 0. The highest BCUT2D eigenvalue weighted by Gasteiger charge is 2.23. The van der Waals surface area contributed by atoms with Crippen molar-refractivity contribution in [1.29, 1.82) is 0 Å². The van der Waals surface area contributed by atoms with Gasteiger partial charge in [-0.1, -0.05) is 170 Å². The molecule has 56 heavy (non-hydrogen) atoms. The Kier molecular flexibility index (Phi) is 10.9. The van der Waals surface area contributed by atoms with Gasteiger partial charge in [-0.15, -0.1) is 0 Å². The van der Waals surface area contributed by atoms with Gasteiger partial charge in [-0.2, -0.15) is 0 Å². The van der Waals surface area contributed by atoms with Gasteiger partial charge in [0.15, 0.2) is 0 Å². The first-order valence-corrected chi connectivity index (χ1v) is 19.7. The Morgan fingerprint density at radius 3 is 2.12 bits per heavy atom. The van der Waals surface area contributed by atoms with Crippen LogP contribution >= 0.6 is 0 Å². The summed E-state index contributed by atoms with van der Waals surface area (Å²) in [4.78, 5) is 0. The molecule has 2 aliphatic carbocycles. The van der Waals surface area contributed by atoms with E-state index in [1.165, 1.54) is 66.8 Å². The fourth-order valence-electron chi connectivity index (χ4n) is 8.00. The number of hydrogen-bond acceptors (Lipinski definition) is 1. The van der Waals surface area contributed by atoms with E-state index in [4.69, 9.17) is 5.73 Å². The quantitative estimate of drug-likeness (QED) is 0.132. The van der Waals surface area contributed by atoms with Gasteiger partial charge in [0.05, 0.1) is 0 Å². The molecule has 0 saturated carbocycles. The van der Waals surface area contributed by atoms with Crippen LogP contribution in [0.1, 0.15) is 58.7 Å². The second-order valence-electron chi connectivity index (χ2n) is 14.6. The average molecular weight is 722 g/mol. The molecule has 0 spiro atoms. The van der Waals surface area contributed by atoms with Crippen LogP contribution in [0.4, 0.5) is 0 Å². The third kappa shape index (κ3) is 7.90. The maximum absolute atomic E-state index is 7.08. The van der Waals surface area contributed by atoms with Crippen molar-refractivity contribution in [3.8, 4) is 33.4 Å². The second kappa shape index (κ2) is 16.8. The molecule has 6 aromatic carbocycles. The molecule has 0 saturated heterocycles. The molecule has 2 aliphatic rings. The number of benzene rings is 6. The van der Waals surface area contributed by atoms with Crippen molar-refractivity contribution in [2.24, 2.45) is 5.73 Å². The van der Waals surface area contributed by atoms with Gasteiger partial charge in [-0.25, -0.2) is 0 Å². The third-order valence-electron chi connectivity index (χ3n) is 10.8. The maximum Gasteiger partial charge on any atom is 0.0400 e. The first kappa shape index (κ1) is 36.3. The zero-order valence-electron chi connectivity index (χ0n) is 32.1. The minimum absolute atomic E-state index is 0.772. The fourth-order valence-corrected chi connectivity index (χ4v) is 8.00. The number of nitrogens with two attached hydrogens (primary N) is 1. The molecule has 0 aliphatic heterocycles. The van der Waals surface area contributed by atoms with Crippen LogP contribution < -0.4 is 5.73 Å². The van der Waals surface area contributed by atoms with Crippen LogP contribution in [0.3, 0.4) is 0 Å². The number of allylic oxidation sites excluding steroid dienone is 12. The molecule has 0 unspecified atom stereocenters. The SMILES string of the molecule is C=C/C=C(\C=C/C)c1cc(C2=CCCC=C2)cc(-c2ccc(-c3ccc4c(c3)-c3c(cccc3/C(N)=C/C(=C\Cc3ccccc3)c3ccccc3)C4)cc2)c1. The van der Waals surface area contributed by atoms with Crippen molar-refractivity contribution in [3.05, 3.63) is 240 Å². The Morgan fingerprint density at radius 2 is 1.39 bits per heavy atom. The van der Waals surface area contributed by atoms with E-state index in [1.54, 1.807) is 0 Å². The highest BCUT2D eigenvalue weighted by atomic mass is 14.6. The lowest BCUT2D eigenvalue weighted by Gasteiger charge is -2.14. The predicted molar refractivity (Wildman–Crippen MR) is 242 cm³/mol. The van der Waals surface area contributed by atoms with Gasteiger partial charge in [0, 0.05) is 11.3 Å². The van der Waals surface area contributed by atoms with Crippen LogP contribution in [0.25, 0.3) is 55.8 Å². The summed E-state index contributed by atoms with van der Waals surface area (Å²) < 4.78 is 0. The van der Waals surface area contributed by atoms with E-state index < -0.39 is 0 Å². The van der Waals surface area contributed by atoms with E-state index in [1.807, 2.05) is 6.08 Å². The van der Waals surface area contributed by atoms with Crippen LogP contribution in [-0.2, 0) is 12.8 Å². The highest BCUT2D eigenvalue weighted by Crippen LogP contribution is 2.43. The molecule has 0 amide bonds.